The summed E-state index contributed by atoms with van der Waals surface area (Å²) in [6, 6.07) is 9.87. The molecular weight excluding hydrogens is 366 g/mol. The highest BCUT2D eigenvalue weighted by Crippen LogP contribution is 2.33. The SMILES string of the molecule is CCOC(=O)c1ccccc1NS(=O)(=O)c1cc2c(cc1OC)CCCC2. The van der Waals surface area contributed by atoms with Crippen molar-refractivity contribution in [2.24, 2.45) is 0 Å². The fraction of sp³-hybridized carbons (Fsp3) is 0.350. The Morgan fingerprint density at radius 1 is 1.11 bits per heavy atom. The molecule has 0 aromatic heterocycles. The van der Waals surface area contributed by atoms with Gasteiger partial charge in [0.05, 0.1) is 25.0 Å². The van der Waals surface area contributed by atoms with Gasteiger partial charge in [-0.15, -0.1) is 0 Å². The van der Waals surface area contributed by atoms with E-state index in [1.54, 1.807) is 31.2 Å². The average Bonchev–Trinajstić information content (AvgIpc) is 2.67. The number of ether oxygens (including phenoxy) is 2. The number of rotatable bonds is 6. The molecule has 7 heteroatoms. The fourth-order valence-corrected chi connectivity index (χ4v) is 4.55. The first kappa shape index (κ1) is 19.2. The number of benzene rings is 2. The number of nitrogens with one attached hydrogen (secondary N) is 1. The summed E-state index contributed by atoms with van der Waals surface area (Å²) in [5, 5.41) is 0. The second-order valence-corrected chi connectivity index (χ2v) is 8.00. The van der Waals surface area contributed by atoms with Gasteiger partial charge in [-0.2, -0.15) is 0 Å². The molecule has 3 rings (SSSR count). The summed E-state index contributed by atoms with van der Waals surface area (Å²) in [5.74, 6) is -0.273. The van der Waals surface area contributed by atoms with E-state index in [1.165, 1.54) is 19.2 Å². The van der Waals surface area contributed by atoms with Crippen LogP contribution in [0.25, 0.3) is 0 Å². The van der Waals surface area contributed by atoms with Gasteiger partial charge in [0, 0.05) is 0 Å². The number of esters is 1. The van der Waals surface area contributed by atoms with Gasteiger partial charge in [0.1, 0.15) is 10.6 Å². The summed E-state index contributed by atoms with van der Waals surface area (Å²) in [6.45, 7) is 1.90. The minimum Gasteiger partial charge on any atom is -0.495 e. The molecule has 0 aliphatic heterocycles. The number of sulfonamides is 1. The van der Waals surface area contributed by atoms with E-state index in [2.05, 4.69) is 4.72 Å². The van der Waals surface area contributed by atoms with Crippen LogP contribution in [0.5, 0.6) is 5.75 Å². The van der Waals surface area contributed by atoms with Crippen LogP contribution in [0.3, 0.4) is 0 Å². The molecule has 2 aromatic rings. The molecule has 0 heterocycles. The summed E-state index contributed by atoms with van der Waals surface area (Å²) in [4.78, 5) is 12.2. The molecule has 0 atom stereocenters. The Balaban J connectivity index is 2.00. The third-order valence-electron chi connectivity index (χ3n) is 4.58. The molecule has 0 fully saturated rings. The molecule has 0 spiro atoms. The van der Waals surface area contributed by atoms with Gasteiger partial charge < -0.3 is 9.47 Å². The third kappa shape index (κ3) is 4.08. The van der Waals surface area contributed by atoms with Crippen LogP contribution in [-0.2, 0) is 27.6 Å². The standard InChI is InChI=1S/C20H23NO5S/c1-3-26-20(22)16-10-6-7-11-17(16)21-27(23,24)19-13-15-9-5-4-8-14(15)12-18(19)25-2/h6-7,10-13,21H,3-5,8-9H2,1-2H3. The van der Waals surface area contributed by atoms with Gasteiger partial charge in [0.15, 0.2) is 0 Å². The summed E-state index contributed by atoms with van der Waals surface area (Å²) in [5.41, 5.74) is 2.50. The van der Waals surface area contributed by atoms with E-state index in [9.17, 15) is 13.2 Å². The Labute approximate surface area is 159 Å². The normalized spacial score (nSPS) is 13.6. The van der Waals surface area contributed by atoms with Crippen molar-refractivity contribution in [1.82, 2.24) is 0 Å². The summed E-state index contributed by atoms with van der Waals surface area (Å²) >= 11 is 0. The number of carbonyl (C=O) groups is 1. The number of para-hydroxylation sites is 1. The highest BCUT2D eigenvalue weighted by atomic mass is 32.2. The molecule has 1 N–H and O–H groups in total. The molecule has 0 radical (unpaired) electrons. The monoisotopic (exact) mass is 389 g/mol. The lowest BCUT2D eigenvalue weighted by atomic mass is 9.92. The molecule has 144 valence electrons. The average molecular weight is 389 g/mol. The highest BCUT2D eigenvalue weighted by Gasteiger charge is 2.25. The van der Waals surface area contributed by atoms with Crippen LogP contribution in [0.15, 0.2) is 41.3 Å². The van der Waals surface area contributed by atoms with Crippen molar-refractivity contribution in [2.75, 3.05) is 18.4 Å². The third-order valence-corrected chi connectivity index (χ3v) is 5.97. The van der Waals surface area contributed by atoms with Gasteiger partial charge in [0.2, 0.25) is 0 Å². The molecular formula is C20H23NO5S. The van der Waals surface area contributed by atoms with Crippen molar-refractivity contribution in [3.05, 3.63) is 53.1 Å². The van der Waals surface area contributed by atoms with Gasteiger partial charge in [0.25, 0.3) is 10.0 Å². The second-order valence-electron chi connectivity index (χ2n) is 6.35. The van der Waals surface area contributed by atoms with E-state index in [-0.39, 0.29) is 22.8 Å². The summed E-state index contributed by atoms with van der Waals surface area (Å²) in [7, 11) is -2.49. The Hall–Kier alpha value is -2.54. The van der Waals surface area contributed by atoms with Crippen molar-refractivity contribution in [3.63, 3.8) is 0 Å². The minimum atomic E-state index is -3.94. The zero-order valence-corrected chi connectivity index (χ0v) is 16.3. The smallest absolute Gasteiger partial charge is 0.340 e. The van der Waals surface area contributed by atoms with Crippen molar-refractivity contribution >= 4 is 21.7 Å². The van der Waals surface area contributed by atoms with Crippen LogP contribution in [0.4, 0.5) is 5.69 Å². The first-order valence-corrected chi connectivity index (χ1v) is 10.4. The van der Waals surface area contributed by atoms with Gasteiger partial charge >= 0.3 is 5.97 Å². The van der Waals surface area contributed by atoms with Gasteiger partial charge in [-0.3, -0.25) is 4.72 Å². The quantitative estimate of drug-likeness (QED) is 0.764. The lowest BCUT2D eigenvalue weighted by Gasteiger charge is -2.20. The highest BCUT2D eigenvalue weighted by molar-refractivity contribution is 7.92. The van der Waals surface area contributed by atoms with E-state index < -0.39 is 16.0 Å². The Morgan fingerprint density at radius 3 is 2.44 bits per heavy atom. The molecule has 2 aromatic carbocycles. The lowest BCUT2D eigenvalue weighted by Crippen LogP contribution is -2.18. The topological polar surface area (TPSA) is 81.7 Å². The number of aryl methyl sites for hydroxylation is 2. The summed E-state index contributed by atoms with van der Waals surface area (Å²) < 4.78 is 39.0. The van der Waals surface area contributed by atoms with Gasteiger partial charge in [-0.05, 0) is 68.0 Å². The molecule has 1 aliphatic rings. The van der Waals surface area contributed by atoms with Crippen molar-refractivity contribution in [3.8, 4) is 5.75 Å². The largest absolute Gasteiger partial charge is 0.495 e. The molecule has 0 unspecified atom stereocenters. The van der Waals surface area contributed by atoms with E-state index in [0.717, 1.165) is 36.8 Å². The first-order chi connectivity index (χ1) is 13.0. The maximum atomic E-state index is 13.1. The van der Waals surface area contributed by atoms with Crippen LogP contribution in [-0.4, -0.2) is 28.1 Å². The minimum absolute atomic E-state index is 0.0734. The van der Waals surface area contributed by atoms with Crippen LogP contribution in [0, 0.1) is 0 Å². The number of hydrogen-bond donors (Lipinski definition) is 1. The number of carbonyl (C=O) groups excluding carboxylic acids is 1. The van der Waals surface area contributed by atoms with Crippen LogP contribution in [0.1, 0.15) is 41.3 Å². The Bertz CT molecular complexity index is 953. The molecule has 0 bridgehead atoms. The Kier molecular flexibility index (Phi) is 5.70. The molecule has 0 saturated carbocycles. The fourth-order valence-electron chi connectivity index (χ4n) is 3.27. The maximum Gasteiger partial charge on any atom is 0.340 e. The first-order valence-electron chi connectivity index (χ1n) is 8.95. The van der Waals surface area contributed by atoms with Crippen LogP contribution < -0.4 is 9.46 Å². The van der Waals surface area contributed by atoms with Gasteiger partial charge in [-0.1, -0.05) is 12.1 Å². The number of fused-ring (bicyclic) bond motifs is 1. The van der Waals surface area contributed by atoms with E-state index >= 15 is 0 Å². The lowest BCUT2D eigenvalue weighted by molar-refractivity contribution is 0.0527. The predicted octanol–water partition coefficient (Wildman–Crippen LogP) is 3.55. The molecule has 6 nitrogen and oxygen atoms in total. The van der Waals surface area contributed by atoms with Crippen LogP contribution in [0.2, 0.25) is 0 Å². The Morgan fingerprint density at radius 2 is 1.78 bits per heavy atom. The van der Waals surface area contributed by atoms with E-state index in [1.807, 2.05) is 0 Å². The molecule has 0 saturated heterocycles. The number of anilines is 1. The van der Waals surface area contributed by atoms with Crippen molar-refractivity contribution in [1.29, 1.82) is 0 Å². The molecule has 0 amide bonds. The zero-order chi connectivity index (χ0) is 19.4. The van der Waals surface area contributed by atoms with E-state index in [0.29, 0.717) is 5.75 Å². The maximum absolute atomic E-state index is 13.1. The zero-order valence-electron chi connectivity index (χ0n) is 15.4. The predicted molar refractivity (Wildman–Crippen MR) is 103 cm³/mol. The second kappa shape index (κ2) is 8.00. The van der Waals surface area contributed by atoms with E-state index in [4.69, 9.17) is 9.47 Å². The van der Waals surface area contributed by atoms with Gasteiger partial charge in [-0.25, -0.2) is 13.2 Å². The molecule has 1 aliphatic carbocycles. The van der Waals surface area contributed by atoms with Crippen molar-refractivity contribution < 1.29 is 22.7 Å². The number of methoxy groups -OCH3 is 1. The number of hydrogen-bond acceptors (Lipinski definition) is 5. The van der Waals surface area contributed by atoms with Crippen molar-refractivity contribution in [2.45, 2.75) is 37.5 Å². The van der Waals surface area contributed by atoms with Crippen LogP contribution >= 0.6 is 0 Å². The summed E-state index contributed by atoms with van der Waals surface area (Å²) in [6.07, 6.45) is 3.90. The molecule has 27 heavy (non-hydrogen) atoms.